The average Bonchev–Trinajstić information content (AvgIpc) is 2.99. The quantitative estimate of drug-likeness (QED) is 0.645. The standard InChI is InChI=1S/C21H30N2/c1-15-8-7-10-18(17(15)3)13-12-16(2)23(4)21-14-19-9-5-6-11-20(19)22-21/h7,10,15H,2,5-6,8-9,11-14H2,1,3-4H3. The average molecular weight is 310 g/mol. The molecule has 0 spiro atoms. The van der Waals surface area contributed by atoms with Crippen LogP contribution in [-0.2, 0) is 0 Å². The van der Waals surface area contributed by atoms with E-state index >= 15 is 0 Å². The van der Waals surface area contributed by atoms with Gasteiger partial charge in [-0.15, -0.1) is 0 Å². The van der Waals surface area contributed by atoms with Crippen molar-refractivity contribution < 1.29 is 0 Å². The summed E-state index contributed by atoms with van der Waals surface area (Å²) in [5.74, 6) is 1.90. The van der Waals surface area contributed by atoms with E-state index in [0.29, 0.717) is 5.92 Å². The van der Waals surface area contributed by atoms with Gasteiger partial charge < -0.3 is 4.90 Å². The molecule has 0 fully saturated rings. The summed E-state index contributed by atoms with van der Waals surface area (Å²) in [6.07, 6.45) is 14.0. The Kier molecular flexibility index (Phi) is 4.89. The number of aliphatic imine (C=N–C) groups is 1. The van der Waals surface area contributed by atoms with Crippen molar-refractivity contribution in [3.8, 4) is 0 Å². The zero-order valence-corrected chi connectivity index (χ0v) is 15.0. The largest absolute Gasteiger partial charge is 0.337 e. The highest BCUT2D eigenvalue weighted by atomic mass is 15.2. The molecule has 2 aliphatic carbocycles. The molecule has 1 heterocycles. The Morgan fingerprint density at radius 3 is 2.91 bits per heavy atom. The number of hydrogen-bond donors (Lipinski definition) is 0. The molecule has 3 aliphatic rings. The van der Waals surface area contributed by atoms with E-state index < -0.39 is 0 Å². The van der Waals surface area contributed by atoms with Gasteiger partial charge in [-0.3, -0.25) is 0 Å². The van der Waals surface area contributed by atoms with Crippen molar-refractivity contribution in [1.82, 2.24) is 4.90 Å². The molecule has 1 aliphatic heterocycles. The third-order valence-corrected chi connectivity index (χ3v) is 5.78. The maximum Gasteiger partial charge on any atom is 0.112 e. The molecular weight excluding hydrogens is 280 g/mol. The molecule has 2 heteroatoms. The molecule has 124 valence electrons. The minimum Gasteiger partial charge on any atom is -0.337 e. The van der Waals surface area contributed by atoms with Crippen molar-refractivity contribution in [2.45, 2.75) is 65.2 Å². The van der Waals surface area contributed by atoms with Crippen LogP contribution in [-0.4, -0.2) is 17.8 Å². The Morgan fingerprint density at radius 1 is 1.35 bits per heavy atom. The van der Waals surface area contributed by atoms with Gasteiger partial charge in [-0.25, -0.2) is 4.99 Å². The first-order valence-corrected chi connectivity index (χ1v) is 9.12. The number of amidine groups is 1. The van der Waals surface area contributed by atoms with Crippen LogP contribution in [0.5, 0.6) is 0 Å². The van der Waals surface area contributed by atoms with Crippen LogP contribution in [0.25, 0.3) is 0 Å². The molecule has 0 aromatic carbocycles. The van der Waals surface area contributed by atoms with E-state index in [0.717, 1.165) is 19.3 Å². The first-order chi connectivity index (χ1) is 11.1. The molecular formula is C21H30N2. The van der Waals surface area contributed by atoms with E-state index in [4.69, 9.17) is 4.99 Å². The van der Waals surface area contributed by atoms with Crippen LogP contribution in [0.1, 0.15) is 65.2 Å². The molecule has 3 rings (SSSR count). The lowest BCUT2D eigenvalue weighted by atomic mass is 9.87. The maximum atomic E-state index is 4.89. The first kappa shape index (κ1) is 16.3. The second-order valence-corrected chi connectivity index (χ2v) is 7.33. The molecule has 0 bridgehead atoms. The lowest BCUT2D eigenvalue weighted by molar-refractivity contribution is 0.577. The van der Waals surface area contributed by atoms with Crippen molar-refractivity contribution in [2.75, 3.05) is 7.05 Å². The third kappa shape index (κ3) is 3.52. The van der Waals surface area contributed by atoms with Crippen LogP contribution in [0.4, 0.5) is 0 Å². The van der Waals surface area contributed by atoms with E-state index in [1.54, 1.807) is 11.1 Å². The third-order valence-electron chi connectivity index (χ3n) is 5.78. The smallest absolute Gasteiger partial charge is 0.112 e. The fourth-order valence-electron chi connectivity index (χ4n) is 3.81. The summed E-state index contributed by atoms with van der Waals surface area (Å²) >= 11 is 0. The second kappa shape index (κ2) is 6.90. The normalized spacial score (nSPS) is 24.0. The number of allylic oxidation sites excluding steroid dienone is 6. The number of nitrogens with zero attached hydrogens (tertiary/aromatic N) is 2. The number of hydrogen-bond acceptors (Lipinski definition) is 2. The van der Waals surface area contributed by atoms with Crippen LogP contribution >= 0.6 is 0 Å². The highest BCUT2D eigenvalue weighted by molar-refractivity contribution is 5.89. The Balaban J connectivity index is 1.57. The predicted octanol–water partition coefficient (Wildman–Crippen LogP) is 5.75. The SMILES string of the molecule is C=C(CCC1=C(C)C(C)CC=C1)N(C)C1=NC2=C(CCCC2)C1. The van der Waals surface area contributed by atoms with Gasteiger partial charge in [-0.1, -0.05) is 31.2 Å². The number of rotatable bonds is 4. The van der Waals surface area contributed by atoms with Crippen LogP contribution < -0.4 is 0 Å². The Morgan fingerprint density at radius 2 is 2.13 bits per heavy atom. The van der Waals surface area contributed by atoms with Crippen LogP contribution in [0, 0.1) is 5.92 Å². The Labute approximate surface area is 141 Å². The predicted molar refractivity (Wildman–Crippen MR) is 99.3 cm³/mol. The Bertz CT molecular complexity index is 616. The minimum absolute atomic E-state index is 0.691. The molecule has 0 saturated heterocycles. The monoisotopic (exact) mass is 310 g/mol. The van der Waals surface area contributed by atoms with E-state index in [2.05, 4.69) is 44.5 Å². The molecule has 0 radical (unpaired) electrons. The van der Waals surface area contributed by atoms with Crippen molar-refractivity contribution in [2.24, 2.45) is 10.9 Å². The van der Waals surface area contributed by atoms with E-state index in [1.165, 1.54) is 54.9 Å². The van der Waals surface area contributed by atoms with Gasteiger partial charge in [-0.05, 0) is 68.9 Å². The maximum absolute atomic E-state index is 4.89. The summed E-state index contributed by atoms with van der Waals surface area (Å²) in [4.78, 5) is 7.13. The van der Waals surface area contributed by atoms with Gasteiger partial charge in [0.2, 0.25) is 0 Å². The summed E-state index contributed by atoms with van der Waals surface area (Å²) in [6.45, 7) is 8.93. The summed E-state index contributed by atoms with van der Waals surface area (Å²) in [6, 6.07) is 0. The molecule has 1 unspecified atom stereocenters. The zero-order valence-electron chi connectivity index (χ0n) is 15.0. The van der Waals surface area contributed by atoms with Gasteiger partial charge >= 0.3 is 0 Å². The van der Waals surface area contributed by atoms with E-state index in [-0.39, 0.29) is 0 Å². The fraction of sp³-hybridized carbons (Fsp3) is 0.571. The summed E-state index contributed by atoms with van der Waals surface area (Å²) < 4.78 is 0. The van der Waals surface area contributed by atoms with Gasteiger partial charge in [0.05, 0.1) is 0 Å². The lowest BCUT2D eigenvalue weighted by Gasteiger charge is -2.24. The van der Waals surface area contributed by atoms with Gasteiger partial charge in [0.15, 0.2) is 0 Å². The molecule has 0 amide bonds. The topological polar surface area (TPSA) is 15.6 Å². The highest BCUT2D eigenvalue weighted by Crippen LogP contribution is 2.34. The lowest BCUT2D eigenvalue weighted by Crippen LogP contribution is -2.24. The molecule has 1 atom stereocenters. The van der Waals surface area contributed by atoms with E-state index in [1.807, 2.05) is 0 Å². The van der Waals surface area contributed by atoms with Gasteiger partial charge in [-0.2, -0.15) is 0 Å². The van der Waals surface area contributed by atoms with Crippen molar-refractivity contribution in [1.29, 1.82) is 0 Å². The van der Waals surface area contributed by atoms with Gasteiger partial charge in [0.25, 0.3) is 0 Å². The summed E-state index contributed by atoms with van der Waals surface area (Å²) in [5.41, 5.74) is 7.19. The molecule has 23 heavy (non-hydrogen) atoms. The summed E-state index contributed by atoms with van der Waals surface area (Å²) in [5, 5.41) is 0. The van der Waals surface area contributed by atoms with Crippen molar-refractivity contribution in [3.05, 3.63) is 46.8 Å². The minimum atomic E-state index is 0.691. The molecule has 0 N–H and O–H groups in total. The summed E-state index contributed by atoms with van der Waals surface area (Å²) in [7, 11) is 2.14. The van der Waals surface area contributed by atoms with Crippen molar-refractivity contribution >= 4 is 5.84 Å². The van der Waals surface area contributed by atoms with Gasteiger partial charge in [0, 0.05) is 24.9 Å². The molecule has 0 aromatic rings. The Hall–Kier alpha value is -1.57. The van der Waals surface area contributed by atoms with Crippen LogP contribution in [0.15, 0.2) is 51.8 Å². The van der Waals surface area contributed by atoms with Gasteiger partial charge in [0.1, 0.15) is 5.84 Å². The molecule has 2 nitrogen and oxygen atoms in total. The molecule has 0 saturated carbocycles. The van der Waals surface area contributed by atoms with Crippen molar-refractivity contribution in [3.63, 3.8) is 0 Å². The van der Waals surface area contributed by atoms with E-state index in [9.17, 15) is 0 Å². The first-order valence-electron chi connectivity index (χ1n) is 9.12. The van der Waals surface area contributed by atoms with Crippen LogP contribution in [0.3, 0.4) is 0 Å². The molecule has 0 aromatic heterocycles. The zero-order chi connectivity index (χ0) is 16.4. The van der Waals surface area contributed by atoms with Crippen LogP contribution in [0.2, 0.25) is 0 Å². The second-order valence-electron chi connectivity index (χ2n) is 7.33. The highest BCUT2D eigenvalue weighted by Gasteiger charge is 2.23. The fourth-order valence-corrected chi connectivity index (χ4v) is 3.81.